The van der Waals surface area contributed by atoms with E-state index in [9.17, 15) is 10.1 Å². The van der Waals surface area contributed by atoms with Crippen LogP contribution in [0.15, 0.2) is 28.7 Å². The highest BCUT2D eigenvalue weighted by Gasteiger charge is 2.25. The first-order valence-corrected chi connectivity index (χ1v) is 7.50. The highest BCUT2D eigenvalue weighted by atomic mass is 79.9. The fraction of sp³-hybridized carbons (Fsp3) is 0.267. The largest absolute Gasteiger partial charge is 0.331 e. The first-order chi connectivity index (χ1) is 10.2. The van der Waals surface area contributed by atoms with Crippen molar-refractivity contribution in [1.82, 2.24) is 15.5 Å². The van der Waals surface area contributed by atoms with Crippen LogP contribution in [0.1, 0.15) is 39.8 Å². The van der Waals surface area contributed by atoms with E-state index in [0.29, 0.717) is 5.69 Å². The summed E-state index contributed by atoms with van der Waals surface area (Å²) < 4.78 is 0.871. The van der Waals surface area contributed by atoms with Crippen molar-refractivity contribution in [3.8, 4) is 6.07 Å². The SMILES string of the molecule is N#C[C@@H](NC(=O)c1n[nH]c2c1CCC2)c1cccc(Br)c1. The summed E-state index contributed by atoms with van der Waals surface area (Å²) in [7, 11) is 0. The van der Waals surface area contributed by atoms with Gasteiger partial charge in [-0.3, -0.25) is 9.89 Å². The molecule has 1 heterocycles. The van der Waals surface area contributed by atoms with E-state index >= 15 is 0 Å². The molecule has 0 spiro atoms. The van der Waals surface area contributed by atoms with Gasteiger partial charge in [-0.05, 0) is 37.0 Å². The molecule has 2 aromatic rings. The molecular formula is C15H13BrN4O. The van der Waals surface area contributed by atoms with Crippen LogP contribution in [-0.4, -0.2) is 16.1 Å². The molecule has 0 radical (unpaired) electrons. The summed E-state index contributed by atoms with van der Waals surface area (Å²) in [5, 5.41) is 19.0. The predicted octanol–water partition coefficient (Wildman–Crippen LogP) is 2.66. The molecule has 0 unspecified atom stereocenters. The summed E-state index contributed by atoms with van der Waals surface area (Å²) in [6.45, 7) is 0. The minimum Gasteiger partial charge on any atom is -0.331 e. The zero-order chi connectivity index (χ0) is 14.8. The smallest absolute Gasteiger partial charge is 0.273 e. The van der Waals surface area contributed by atoms with Crippen LogP contribution in [0, 0.1) is 11.3 Å². The number of fused-ring (bicyclic) bond motifs is 1. The van der Waals surface area contributed by atoms with E-state index in [0.717, 1.165) is 40.6 Å². The Labute approximate surface area is 130 Å². The Morgan fingerprint density at radius 1 is 1.48 bits per heavy atom. The number of halogens is 1. The van der Waals surface area contributed by atoms with Crippen LogP contribution in [0.2, 0.25) is 0 Å². The number of nitriles is 1. The second kappa shape index (κ2) is 5.70. The summed E-state index contributed by atoms with van der Waals surface area (Å²) in [4.78, 5) is 12.3. The van der Waals surface area contributed by atoms with Crippen molar-refractivity contribution in [3.63, 3.8) is 0 Å². The lowest BCUT2D eigenvalue weighted by molar-refractivity contribution is 0.0939. The highest BCUT2D eigenvalue weighted by Crippen LogP contribution is 2.24. The van der Waals surface area contributed by atoms with E-state index in [4.69, 9.17) is 0 Å². The first kappa shape index (κ1) is 13.8. The van der Waals surface area contributed by atoms with Gasteiger partial charge in [0, 0.05) is 15.7 Å². The number of nitrogens with zero attached hydrogens (tertiary/aromatic N) is 2. The lowest BCUT2D eigenvalue weighted by atomic mass is 10.1. The Kier molecular flexibility index (Phi) is 3.76. The highest BCUT2D eigenvalue weighted by molar-refractivity contribution is 9.10. The Bertz CT molecular complexity index is 732. The topological polar surface area (TPSA) is 81.6 Å². The van der Waals surface area contributed by atoms with Gasteiger partial charge in [-0.15, -0.1) is 0 Å². The minimum absolute atomic E-state index is 0.305. The fourth-order valence-electron chi connectivity index (χ4n) is 2.58. The number of carbonyl (C=O) groups is 1. The van der Waals surface area contributed by atoms with E-state index in [2.05, 4.69) is 37.5 Å². The van der Waals surface area contributed by atoms with Gasteiger partial charge in [0.1, 0.15) is 6.04 Å². The Balaban J connectivity index is 1.81. The average molecular weight is 345 g/mol. The van der Waals surface area contributed by atoms with Crippen LogP contribution in [0.5, 0.6) is 0 Å². The Morgan fingerprint density at radius 2 is 2.33 bits per heavy atom. The van der Waals surface area contributed by atoms with E-state index in [1.807, 2.05) is 24.3 Å². The van der Waals surface area contributed by atoms with Gasteiger partial charge < -0.3 is 5.32 Å². The molecule has 1 amide bonds. The molecule has 3 rings (SSSR count). The minimum atomic E-state index is -0.691. The number of amides is 1. The third kappa shape index (κ3) is 2.69. The van der Waals surface area contributed by atoms with E-state index in [1.54, 1.807) is 0 Å². The van der Waals surface area contributed by atoms with Crippen molar-refractivity contribution in [1.29, 1.82) is 5.26 Å². The first-order valence-electron chi connectivity index (χ1n) is 6.71. The number of nitrogens with one attached hydrogen (secondary N) is 2. The molecule has 1 aromatic carbocycles. The maximum Gasteiger partial charge on any atom is 0.273 e. The number of aryl methyl sites for hydroxylation is 1. The molecule has 106 valence electrons. The molecule has 0 bridgehead atoms. The Morgan fingerprint density at radius 3 is 3.10 bits per heavy atom. The molecule has 0 aliphatic heterocycles. The maximum absolute atomic E-state index is 12.3. The number of hydrogen-bond acceptors (Lipinski definition) is 3. The van der Waals surface area contributed by atoms with Gasteiger partial charge in [-0.25, -0.2) is 0 Å². The van der Waals surface area contributed by atoms with Gasteiger partial charge >= 0.3 is 0 Å². The number of carbonyl (C=O) groups excluding carboxylic acids is 1. The third-order valence-electron chi connectivity index (χ3n) is 3.61. The fourth-order valence-corrected chi connectivity index (χ4v) is 3.00. The van der Waals surface area contributed by atoms with Crippen LogP contribution in [-0.2, 0) is 12.8 Å². The van der Waals surface area contributed by atoms with E-state index in [-0.39, 0.29) is 5.91 Å². The Hall–Kier alpha value is -2.13. The van der Waals surface area contributed by atoms with Crippen LogP contribution in [0.25, 0.3) is 0 Å². The lowest BCUT2D eigenvalue weighted by Gasteiger charge is -2.11. The predicted molar refractivity (Wildman–Crippen MR) is 80.6 cm³/mol. The van der Waals surface area contributed by atoms with Crippen LogP contribution >= 0.6 is 15.9 Å². The zero-order valence-corrected chi connectivity index (χ0v) is 12.8. The number of aromatic nitrogens is 2. The molecule has 0 saturated heterocycles. The third-order valence-corrected chi connectivity index (χ3v) is 4.10. The summed E-state index contributed by atoms with van der Waals surface area (Å²) in [5.41, 5.74) is 3.18. The molecule has 5 nitrogen and oxygen atoms in total. The summed E-state index contributed by atoms with van der Waals surface area (Å²) in [5.74, 6) is -0.305. The molecule has 1 aromatic heterocycles. The number of benzene rings is 1. The molecule has 1 aliphatic rings. The van der Waals surface area contributed by atoms with Gasteiger partial charge in [0.25, 0.3) is 5.91 Å². The van der Waals surface area contributed by atoms with Crippen LogP contribution in [0.4, 0.5) is 0 Å². The van der Waals surface area contributed by atoms with Crippen molar-refractivity contribution in [3.05, 3.63) is 51.3 Å². The summed E-state index contributed by atoms with van der Waals surface area (Å²) in [6.07, 6.45) is 2.84. The molecular weight excluding hydrogens is 332 g/mol. The van der Waals surface area contributed by atoms with Crippen molar-refractivity contribution in [2.75, 3.05) is 0 Å². The standard InChI is InChI=1S/C15H13BrN4O/c16-10-4-1-3-9(7-10)13(8-17)18-15(21)14-11-5-2-6-12(11)19-20-14/h1,3-4,7,13H,2,5-6H2,(H,18,21)(H,19,20)/t13-/m1/s1. The van der Waals surface area contributed by atoms with Gasteiger partial charge in [0.05, 0.1) is 6.07 Å². The molecule has 0 saturated carbocycles. The average Bonchev–Trinajstić information content (AvgIpc) is 3.07. The lowest BCUT2D eigenvalue weighted by Crippen LogP contribution is -2.28. The second-order valence-corrected chi connectivity index (χ2v) is 5.89. The number of aromatic amines is 1. The molecule has 2 N–H and O–H groups in total. The maximum atomic E-state index is 12.3. The summed E-state index contributed by atoms with van der Waals surface area (Å²) >= 11 is 3.37. The molecule has 0 fully saturated rings. The molecule has 21 heavy (non-hydrogen) atoms. The normalized spacial score (nSPS) is 14.3. The monoisotopic (exact) mass is 344 g/mol. The van der Waals surface area contributed by atoms with Crippen molar-refractivity contribution in [2.45, 2.75) is 25.3 Å². The van der Waals surface area contributed by atoms with Crippen LogP contribution in [0.3, 0.4) is 0 Å². The number of rotatable bonds is 3. The van der Waals surface area contributed by atoms with Crippen molar-refractivity contribution < 1.29 is 4.79 Å². The van der Waals surface area contributed by atoms with Gasteiger partial charge in [0.2, 0.25) is 0 Å². The van der Waals surface area contributed by atoms with Crippen LogP contribution < -0.4 is 5.32 Å². The molecule has 6 heteroatoms. The number of H-pyrrole nitrogens is 1. The van der Waals surface area contributed by atoms with E-state index < -0.39 is 6.04 Å². The van der Waals surface area contributed by atoms with Gasteiger partial charge in [-0.1, -0.05) is 28.1 Å². The van der Waals surface area contributed by atoms with Gasteiger partial charge in [-0.2, -0.15) is 10.4 Å². The zero-order valence-electron chi connectivity index (χ0n) is 11.2. The van der Waals surface area contributed by atoms with Gasteiger partial charge in [0.15, 0.2) is 5.69 Å². The second-order valence-electron chi connectivity index (χ2n) is 4.97. The summed E-state index contributed by atoms with van der Waals surface area (Å²) in [6, 6.07) is 8.77. The quantitative estimate of drug-likeness (QED) is 0.897. The van der Waals surface area contributed by atoms with Crippen molar-refractivity contribution >= 4 is 21.8 Å². The van der Waals surface area contributed by atoms with E-state index in [1.165, 1.54) is 0 Å². The number of hydrogen-bond donors (Lipinski definition) is 2. The molecule has 1 atom stereocenters. The van der Waals surface area contributed by atoms with Crippen molar-refractivity contribution in [2.24, 2.45) is 0 Å². The molecule has 1 aliphatic carbocycles.